The fourth-order valence-electron chi connectivity index (χ4n) is 1.18. The maximum Gasteiger partial charge on any atom is 0.140 e. The smallest absolute Gasteiger partial charge is 0.140 e. The van der Waals surface area contributed by atoms with Gasteiger partial charge in [-0.2, -0.15) is 0 Å². The summed E-state index contributed by atoms with van der Waals surface area (Å²) in [6.45, 7) is 7.38. The third kappa shape index (κ3) is 3.64. The van der Waals surface area contributed by atoms with E-state index in [0.29, 0.717) is 12.3 Å². The third-order valence-electron chi connectivity index (χ3n) is 2.15. The van der Waals surface area contributed by atoms with Gasteiger partial charge in [0.1, 0.15) is 5.82 Å². The zero-order valence-corrected chi connectivity index (χ0v) is 11.5. The maximum atomic E-state index is 5.74. The number of aromatic nitrogens is 1. The van der Waals surface area contributed by atoms with Crippen molar-refractivity contribution in [3.8, 4) is 0 Å². The molecule has 0 saturated carbocycles. The van der Waals surface area contributed by atoms with E-state index in [0.717, 1.165) is 22.4 Å². The molecule has 0 atom stereocenters. The zero-order valence-electron chi connectivity index (χ0n) is 9.88. The van der Waals surface area contributed by atoms with Crippen molar-refractivity contribution in [2.75, 3.05) is 24.2 Å². The Morgan fingerprint density at radius 2 is 2.25 bits per heavy atom. The fraction of sp³-hybridized carbons (Fsp3) is 0.545. The molecule has 3 N–H and O–H groups in total. The van der Waals surface area contributed by atoms with Gasteiger partial charge in [0.05, 0.1) is 29.1 Å². The minimum absolute atomic E-state index is 0.256. The van der Waals surface area contributed by atoms with E-state index in [2.05, 4.69) is 26.2 Å². The summed E-state index contributed by atoms with van der Waals surface area (Å²) in [5.74, 6) is 0.805. The molecule has 0 aliphatic rings. The lowest BCUT2D eigenvalue weighted by Gasteiger charge is -2.12. The first-order valence-corrected chi connectivity index (χ1v) is 6.07. The standard InChI is InChI=1S/C11H18BrN3O/c1-7(2)16-5-4-14-11-10(12)8(3)9(13)6-15-11/h6-7H,4-5,13H2,1-3H3,(H,14,15). The van der Waals surface area contributed by atoms with Gasteiger partial charge in [-0.15, -0.1) is 0 Å². The van der Waals surface area contributed by atoms with Crippen molar-refractivity contribution >= 4 is 27.4 Å². The number of nitrogens with two attached hydrogens (primary N) is 1. The summed E-state index contributed by atoms with van der Waals surface area (Å²) in [6.07, 6.45) is 1.91. The highest BCUT2D eigenvalue weighted by Crippen LogP contribution is 2.27. The van der Waals surface area contributed by atoms with Crippen molar-refractivity contribution in [1.82, 2.24) is 4.98 Å². The monoisotopic (exact) mass is 287 g/mol. The van der Waals surface area contributed by atoms with Crippen LogP contribution in [0, 0.1) is 6.92 Å². The lowest BCUT2D eigenvalue weighted by molar-refractivity contribution is 0.0870. The molecule has 16 heavy (non-hydrogen) atoms. The number of pyridine rings is 1. The molecule has 0 amide bonds. The van der Waals surface area contributed by atoms with Crippen LogP contribution >= 0.6 is 15.9 Å². The van der Waals surface area contributed by atoms with E-state index >= 15 is 0 Å². The van der Waals surface area contributed by atoms with E-state index in [4.69, 9.17) is 10.5 Å². The molecule has 0 aromatic carbocycles. The Labute approximate surface area is 105 Å². The van der Waals surface area contributed by atoms with Crippen LogP contribution in [-0.2, 0) is 4.74 Å². The second-order valence-corrected chi connectivity index (χ2v) is 4.64. The van der Waals surface area contributed by atoms with Crippen LogP contribution in [-0.4, -0.2) is 24.2 Å². The molecule has 0 unspecified atom stereocenters. The first-order chi connectivity index (χ1) is 7.52. The van der Waals surface area contributed by atoms with Crippen LogP contribution in [0.4, 0.5) is 11.5 Å². The number of nitrogens with one attached hydrogen (secondary N) is 1. The minimum atomic E-state index is 0.256. The van der Waals surface area contributed by atoms with Crippen molar-refractivity contribution in [1.29, 1.82) is 0 Å². The first kappa shape index (κ1) is 13.3. The van der Waals surface area contributed by atoms with E-state index in [1.165, 1.54) is 0 Å². The Hall–Kier alpha value is -0.810. The van der Waals surface area contributed by atoms with Crippen molar-refractivity contribution < 1.29 is 4.74 Å². The quantitative estimate of drug-likeness (QED) is 0.818. The van der Waals surface area contributed by atoms with Gasteiger partial charge in [0.25, 0.3) is 0 Å². The molecule has 0 aliphatic heterocycles. The minimum Gasteiger partial charge on any atom is -0.397 e. The molecule has 1 aromatic heterocycles. The number of nitrogen functional groups attached to an aromatic ring is 1. The van der Waals surface area contributed by atoms with Crippen LogP contribution in [0.15, 0.2) is 10.7 Å². The predicted octanol–water partition coefficient (Wildman–Crippen LogP) is 2.57. The van der Waals surface area contributed by atoms with E-state index in [9.17, 15) is 0 Å². The van der Waals surface area contributed by atoms with Crippen LogP contribution in [0.2, 0.25) is 0 Å². The lowest BCUT2D eigenvalue weighted by Crippen LogP contribution is -2.14. The number of anilines is 2. The maximum absolute atomic E-state index is 5.74. The average molecular weight is 288 g/mol. The summed E-state index contributed by atoms with van der Waals surface area (Å²) in [5.41, 5.74) is 7.43. The van der Waals surface area contributed by atoms with Crippen LogP contribution in [0.1, 0.15) is 19.4 Å². The van der Waals surface area contributed by atoms with Gasteiger partial charge in [0, 0.05) is 6.54 Å². The van der Waals surface area contributed by atoms with Gasteiger partial charge in [-0.25, -0.2) is 4.98 Å². The summed E-state index contributed by atoms with van der Waals surface area (Å²) in [5, 5.41) is 3.20. The highest BCUT2D eigenvalue weighted by atomic mass is 79.9. The van der Waals surface area contributed by atoms with Crippen molar-refractivity contribution in [2.45, 2.75) is 26.9 Å². The van der Waals surface area contributed by atoms with E-state index in [-0.39, 0.29) is 6.10 Å². The number of halogens is 1. The molecule has 90 valence electrons. The highest BCUT2D eigenvalue weighted by Gasteiger charge is 2.06. The Morgan fingerprint density at radius 3 is 2.88 bits per heavy atom. The van der Waals surface area contributed by atoms with Gasteiger partial charge in [-0.3, -0.25) is 0 Å². The topological polar surface area (TPSA) is 60.2 Å². The van der Waals surface area contributed by atoms with Crippen molar-refractivity contribution in [3.63, 3.8) is 0 Å². The molecule has 0 spiro atoms. The van der Waals surface area contributed by atoms with Crippen molar-refractivity contribution in [2.24, 2.45) is 0 Å². The molecule has 0 bridgehead atoms. The molecule has 0 saturated heterocycles. The largest absolute Gasteiger partial charge is 0.397 e. The van der Waals surface area contributed by atoms with Crippen LogP contribution in [0.25, 0.3) is 0 Å². The van der Waals surface area contributed by atoms with Crippen LogP contribution < -0.4 is 11.1 Å². The summed E-state index contributed by atoms with van der Waals surface area (Å²) in [6, 6.07) is 0. The third-order valence-corrected chi connectivity index (χ3v) is 3.12. The zero-order chi connectivity index (χ0) is 12.1. The van der Waals surface area contributed by atoms with Crippen LogP contribution in [0.5, 0.6) is 0 Å². The van der Waals surface area contributed by atoms with E-state index in [1.54, 1.807) is 6.20 Å². The molecular weight excluding hydrogens is 270 g/mol. The van der Waals surface area contributed by atoms with E-state index < -0.39 is 0 Å². The molecule has 1 rings (SSSR count). The molecule has 1 heterocycles. The average Bonchev–Trinajstić information content (AvgIpc) is 2.23. The van der Waals surface area contributed by atoms with Gasteiger partial charge in [-0.1, -0.05) is 0 Å². The molecule has 5 heteroatoms. The Bertz CT molecular complexity index is 355. The lowest BCUT2D eigenvalue weighted by atomic mass is 10.2. The molecule has 0 radical (unpaired) electrons. The Balaban J connectivity index is 2.52. The first-order valence-electron chi connectivity index (χ1n) is 5.28. The Morgan fingerprint density at radius 1 is 1.56 bits per heavy atom. The molecule has 4 nitrogen and oxygen atoms in total. The predicted molar refractivity (Wildman–Crippen MR) is 70.7 cm³/mol. The summed E-state index contributed by atoms with van der Waals surface area (Å²) in [7, 11) is 0. The number of hydrogen-bond acceptors (Lipinski definition) is 4. The summed E-state index contributed by atoms with van der Waals surface area (Å²) >= 11 is 3.47. The second-order valence-electron chi connectivity index (χ2n) is 3.85. The number of ether oxygens (including phenoxy) is 1. The molecule has 0 fully saturated rings. The number of nitrogens with zero attached hydrogens (tertiary/aromatic N) is 1. The van der Waals surface area contributed by atoms with Crippen LogP contribution in [0.3, 0.4) is 0 Å². The van der Waals surface area contributed by atoms with Gasteiger partial charge < -0.3 is 15.8 Å². The second kappa shape index (κ2) is 6.06. The van der Waals surface area contributed by atoms with Gasteiger partial charge in [0.15, 0.2) is 0 Å². The summed E-state index contributed by atoms with van der Waals surface area (Å²) < 4.78 is 6.34. The number of rotatable bonds is 5. The fourth-order valence-corrected chi connectivity index (χ4v) is 1.65. The van der Waals surface area contributed by atoms with Gasteiger partial charge in [-0.05, 0) is 42.3 Å². The molecule has 0 aliphatic carbocycles. The van der Waals surface area contributed by atoms with Gasteiger partial charge in [0.2, 0.25) is 0 Å². The van der Waals surface area contributed by atoms with E-state index in [1.807, 2.05) is 20.8 Å². The molecular formula is C11H18BrN3O. The SMILES string of the molecule is Cc1c(N)cnc(NCCOC(C)C)c1Br. The Kier molecular flexibility index (Phi) is 5.02. The number of hydrogen-bond donors (Lipinski definition) is 2. The normalized spacial score (nSPS) is 10.8. The highest BCUT2D eigenvalue weighted by molar-refractivity contribution is 9.10. The summed E-state index contributed by atoms with van der Waals surface area (Å²) in [4.78, 5) is 4.22. The van der Waals surface area contributed by atoms with Gasteiger partial charge >= 0.3 is 0 Å². The molecule has 1 aromatic rings. The van der Waals surface area contributed by atoms with Crippen molar-refractivity contribution in [3.05, 3.63) is 16.2 Å².